The molecule has 1 aromatic rings. The van der Waals surface area contributed by atoms with Crippen LogP contribution in [0.15, 0.2) is 24.3 Å². The van der Waals surface area contributed by atoms with Gasteiger partial charge in [0.15, 0.2) is 0 Å². The first-order valence-electron chi connectivity index (χ1n) is 6.63. The molecule has 3 heteroatoms. The van der Waals surface area contributed by atoms with Crippen LogP contribution < -0.4 is 5.32 Å². The van der Waals surface area contributed by atoms with Crippen molar-refractivity contribution in [1.82, 2.24) is 10.2 Å². The van der Waals surface area contributed by atoms with Crippen LogP contribution in [-0.4, -0.2) is 30.4 Å². The number of nitrogens with one attached hydrogen (secondary N) is 1. The van der Waals surface area contributed by atoms with Gasteiger partial charge in [0, 0.05) is 6.54 Å². The molecule has 0 bridgehead atoms. The predicted octanol–water partition coefficient (Wildman–Crippen LogP) is 1.96. The third-order valence-electron chi connectivity index (χ3n) is 2.82. The Labute approximate surface area is 116 Å². The Balaban J connectivity index is 2.54. The van der Waals surface area contributed by atoms with Gasteiger partial charge in [0.2, 0.25) is 5.91 Å². The summed E-state index contributed by atoms with van der Waals surface area (Å²) in [6.07, 6.45) is 6.15. The Morgan fingerprint density at radius 3 is 2.63 bits per heavy atom. The van der Waals surface area contributed by atoms with Crippen LogP contribution in [-0.2, 0) is 11.3 Å². The zero-order chi connectivity index (χ0) is 14.1. The van der Waals surface area contributed by atoms with Gasteiger partial charge in [-0.1, -0.05) is 42.7 Å². The van der Waals surface area contributed by atoms with Gasteiger partial charge in [0.1, 0.15) is 0 Å². The minimum atomic E-state index is -0.0153. The number of terminal acetylenes is 1. The maximum absolute atomic E-state index is 11.7. The Morgan fingerprint density at radius 1 is 1.37 bits per heavy atom. The minimum absolute atomic E-state index is 0.0153. The van der Waals surface area contributed by atoms with E-state index in [4.69, 9.17) is 6.42 Å². The molecular weight excluding hydrogens is 236 g/mol. The van der Waals surface area contributed by atoms with E-state index in [1.165, 1.54) is 11.1 Å². The second-order valence-electron chi connectivity index (χ2n) is 4.68. The number of rotatable bonds is 7. The number of hydrogen-bond acceptors (Lipinski definition) is 2. The number of carbonyl (C=O) groups excluding carboxylic acids is 1. The van der Waals surface area contributed by atoms with Crippen molar-refractivity contribution in [1.29, 1.82) is 0 Å². The average molecular weight is 258 g/mol. The highest BCUT2D eigenvalue weighted by atomic mass is 16.2. The lowest BCUT2D eigenvalue weighted by atomic mass is 10.1. The Morgan fingerprint density at radius 2 is 2.05 bits per heavy atom. The monoisotopic (exact) mass is 258 g/mol. The molecule has 1 rings (SSSR count). The number of nitrogens with zero attached hydrogens (tertiary/aromatic N) is 1. The molecule has 0 saturated heterocycles. The smallest absolute Gasteiger partial charge is 0.234 e. The summed E-state index contributed by atoms with van der Waals surface area (Å²) in [4.78, 5) is 13.8. The lowest BCUT2D eigenvalue weighted by Gasteiger charge is -2.21. The molecule has 19 heavy (non-hydrogen) atoms. The fraction of sp³-hybridized carbons (Fsp3) is 0.438. The molecule has 0 aliphatic rings. The molecule has 0 aromatic heterocycles. The number of benzene rings is 1. The van der Waals surface area contributed by atoms with Gasteiger partial charge in [-0.05, 0) is 25.5 Å². The van der Waals surface area contributed by atoms with Gasteiger partial charge >= 0.3 is 0 Å². The SMILES string of the molecule is C#CCNC(=O)CN(CCC)Cc1ccc(C)cc1. The van der Waals surface area contributed by atoms with Crippen LogP contribution in [0.3, 0.4) is 0 Å². The summed E-state index contributed by atoms with van der Waals surface area (Å²) < 4.78 is 0. The molecule has 0 unspecified atom stereocenters. The molecule has 1 aromatic carbocycles. The Bertz CT molecular complexity index is 431. The lowest BCUT2D eigenvalue weighted by Crippen LogP contribution is -2.37. The van der Waals surface area contributed by atoms with Gasteiger partial charge in [-0.2, -0.15) is 0 Å². The third kappa shape index (κ3) is 6.08. The van der Waals surface area contributed by atoms with Crippen molar-refractivity contribution in [3.05, 3.63) is 35.4 Å². The molecular formula is C16H22N2O. The number of carbonyl (C=O) groups is 1. The van der Waals surface area contributed by atoms with Gasteiger partial charge in [0.25, 0.3) is 0 Å². The zero-order valence-corrected chi connectivity index (χ0v) is 11.8. The Kier molecular flexibility index (Phi) is 6.70. The Hall–Kier alpha value is -1.79. The molecule has 0 heterocycles. The summed E-state index contributed by atoms with van der Waals surface area (Å²) in [6.45, 7) is 6.56. The summed E-state index contributed by atoms with van der Waals surface area (Å²) in [5, 5.41) is 2.70. The van der Waals surface area contributed by atoms with Crippen molar-refractivity contribution in [2.75, 3.05) is 19.6 Å². The molecule has 3 nitrogen and oxygen atoms in total. The van der Waals surface area contributed by atoms with Gasteiger partial charge in [-0.25, -0.2) is 0 Å². The molecule has 0 saturated carbocycles. The van der Waals surface area contributed by atoms with E-state index >= 15 is 0 Å². The van der Waals surface area contributed by atoms with Crippen molar-refractivity contribution in [2.24, 2.45) is 0 Å². The largest absolute Gasteiger partial charge is 0.344 e. The zero-order valence-electron chi connectivity index (χ0n) is 11.8. The van der Waals surface area contributed by atoms with Crippen molar-refractivity contribution < 1.29 is 4.79 Å². The normalized spacial score (nSPS) is 10.2. The van der Waals surface area contributed by atoms with E-state index in [9.17, 15) is 4.79 Å². The molecule has 0 aliphatic carbocycles. The molecule has 0 spiro atoms. The van der Waals surface area contributed by atoms with E-state index in [0.29, 0.717) is 13.1 Å². The number of hydrogen-bond donors (Lipinski definition) is 1. The van der Waals surface area contributed by atoms with Gasteiger partial charge in [0.05, 0.1) is 13.1 Å². The van der Waals surface area contributed by atoms with E-state index in [2.05, 4.69) is 54.3 Å². The highest BCUT2D eigenvalue weighted by molar-refractivity contribution is 5.78. The van der Waals surface area contributed by atoms with Crippen molar-refractivity contribution >= 4 is 5.91 Å². The van der Waals surface area contributed by atoms with Crippen molar-refractivity contribution in [2.45, 2.75) is 26.8 Å². The van der Waals surface area contributed by atoms with Crippen LogP contribution in [0.25, 0.3) is 0 Å². The summed E-state index contributed by atoms with van der Waals surface area (Å²) in [5.41, 5.74) is 2.47. The van der Waals surface area contributed by atoms with Crippen LogP contribution in [0.4, 0.5) is 0 Å². The topological polar surface area (TPSA) is 32.3 Å². The molecule has 1 N–H and O–H groups in total. The first-order valence-corrected chi connectivity index (χ1v) is 6.63. The highest BCUT2D eigenvalue weighted by Crippen LogP contribution is 2.07. The van der Waals surface area contributed by atoms with E-state index in [-0.39, 0.29) is 5.91 Å². The van der Waals surface area contributed by atoms with E-state index in [0.717, 1.165) is 19.5 Å². The fourth-order valence-electron chi connectivity index (χ4n) is 1.89. The van der Waals surface area contributed by atoms with Crippen LogP contribution in [0.1, 0.15) is 24.5 Å². The number of amides is 1. The minimum Gasteiger partial charge on any atom is -0.344 e. The predicted molar refractivity (Wildman–Crippen MR) is 78.6 cm³/mol. The van der Waals surface area contributed by atoms with Crippen LogP contribution >= 0.6 is 0 Å². The molecule has 1 amide bonds. The summed E-state index contributed by atoms with van der Waals surface area (Å²) in [7, 11) is 0. The second kappa shape index (κ2) is 8.34. The molecule has 0 atom stereocenters. The summed E-state index contributed by atoms with van der Waals surface area (Å²) in [5.74, 6) is 2.39. The molecule has 102 valence electrons. The molecule has 0 aliphatic heterocycles. The standard InChI is InChI=1S/C16H22N2O/c1-4-10-17-16(19)13-18(11-5-2)12-15-8-6-14(3)7-9-15/h1,6-9H,5,10-13H2,2-3H3,(H,17,19). The van der Waals surface area contributed by atoms with E-state index in [1.54, 1.807) is 0 Å². The van der Waals surface area contributed by atoms with Crippen LogP contribution in [0.5, 0.6) is 0 Å². The summed E-state index contributed by atoms with van der Waals surface area (Å²) in [6, 6.07) is 8.41. The highest BCUT2D eigenvalue weighted by Gasteiger charge is 2.09. The second-order valence-corrected chi connectivity index (χ2v) is 4.68. The van der Waals surface area contributed by atoms with Crippen LogP contribution in [0, 0.1) is 19.3 Å². The first-order chi connectivity index (χ1) is 9.15. The quantitative estimate of drug-likeness (QED) is 0.758. The number of aryl methyl sites for hydroxylation is 1. The van der Waals surface area contributed by atoms with Crippen molar-refractivity contribution in [3.63, 3.8) is 0 Å². The molecule has 0 radical (unpaired) electrons. The van der Waals surface area contributed by atoms with Gasteiger partial charge in [-0.3, -0.25) is 9.69 Å². The maximum atomic E-state index is 11.7. The van der Waals surface area contributed by atoms with Gasteiger partial charge in [-0.15, -0.1) is 6.42 Å². The first kappa shape index (κ1) is 15.3. The maximum Gasteiger partial charge on any atom is 0.234 e. The fourth-order valence-corrected chi connectivity index (χ4v) is 1.89. The van der Waals surface area contributed by atoms with Crippen LogP contribution in [0.2, 0.25) is 0 Å². The van der Waals surface area contributed by atoms with Crippen molar-refractivity contribution in [3.8, 4) is 12.3 Å². The summed E-state index contributed by atoms with van der Waals surface area (Å²) >= 11 is 0. The molecule has 0 fully saturated rings. The average Bonchev–Trinajstić information content (AvgIpc) is 2.39. The lowest BCUT2D eigenvalue weighted by molar-refractivity contribution is -0.122. The third-order valence-corrected chi connectivity index (χ3v) is 2.82. The van der Waals surface area contributed by atoms with E-state index in [1.807, 2.05) is 0 Å². The van der Waals surface area contributed by atoms with E-state index < -0.39 is 0 Å². The van der Waals surface area contributed by atoms with Gasteiger partial charge < -0.3 is 5.32 Å².